The van der Waals surface area contributed by atoms with Gasteiger partial charge in [-0.15, -0.1) is 0 Å². The third-order valence-electron chi connectivity index (χ3n) is 3.80. The van der Waals surface area contributed by atoms with Gasteiger partial charge in [0, 0.05) is 31.2 Å². The van der Waals surface area contributed by atoms with E-state index in [-0.39, 0.29) is 0 Å². The van der Waals surface area contributed by atoms with E-state index in [1.54, 1.807) is 0 Å². The maximum Gasteiger partial charge on any atom is 0.0197 e. The Morgan fingerprint density at radius 3 is 2.43 bits per heavy atom. The minimum absolute atomic E-state index is 0.320. The molecule has 1 saturated carbocycles. The van der Waals surface area contributed by atoms with Crippen LogP contribution in [-0.4, -0.2) is 36.1 Å². The summed E-state index contributed by atoms with van der Waals surface area (Å²) >= 11 is 0. The minimum atomic E-state index is 0.320. The SMILES string of the molecule is CC1CNCC2(CC2)CN1C(C)(C)C. The van der Waals surface area contributed by atoms with E-state index in [0.717, 1.165) is 6.54 Å². The Morgan fingerprint density at radius 2 is 1.93 bits per heavy atom. The van der Waals surface area contributed by atoms with Gasteiger partial charge in [0.05, 0.1) is 0 Å². The van der Waals surface area contributed by atoms with Crippen molar-refractivity contribution < 1.29 is 0 Å². The van der Waals surface area contributed by atoms with Crippen molar-refractivity contribution in [3.05, 3.63) is 0 Å². The summed E-state index contributed by atoms with van der Waals surface area (Å²) in [5.74, 6) is 0. The summed E-state index contributed by atoms with van der Waals surface area (Å²) in [4.78, 5) is 2.68. The van der Waals surface area contributed by atoms with E-state index in [2.05, 4.69) is 37.9 Å². The van der Waals surface area contributed by atoms with Crippen LogP contribution in [0.2, 0.25) is 0 Å². The van der Waals surface area contributed by atoms with Crippen LogP contribution in [0.15, 0.2) is 0 Å². The van der Waals surface area contributed by atoms with Crippen LogP contribution in [0.1, 0.15) is 40.5 Å². The van der Waals surface area contributed by atoms with Crippen LogP contribution in [0, 0.1) is 5.41 Å². The standard InChI is InChI=1S/C12H24N2/c1-10-7-13-8-12(5-6-12)9-14(10)11(2,3)4/h10,13H,5-9H2,1-4H3. The highest BCUT2D eigenvalue weighted by atomic mass is 15.3. The molecule has 0 aromatic heterocycles. The van der Waals surface area contributed by atoms with Gasteiger partial charge in [-0.3, -0.25) is 4.90 Å². The van der Waals surface area contributed by atoms with Gasteiger partial charge in [0.1, 0.15) is 0 Å². The average molecular weight is 196 g/mol. The Morgan fingerprint density at radius 1 is 1.29 bits per heavy atom. The van der Waals surface area contributed by atoms with Gasteiger partial charge < -0.3 is 5.32 Å². The van der Waals surface area contributed by atoms with Crippen molar-refractivity contribution in [3.8, 4) is 0 Å². The third kappa shape index (κ3) is 1.96. The van der Waals surface area contributed by atoms with E-state index < -0.39 is 0 Å². The second kappa shape index (κ2) is 3.21. The summed E-state index contributed by atoms with van der Waals surface area (Å²) < 4.78 is 0. The van der Waals surface area contributed by atoms with E-state index in [4.69, 9.17) is 0 Å². The van der Waals surface area contributed by atoms with E-state index in [0.29, 0.717) is 17.0 Å². The fourth-order valence-electron chi connectivity index (χ4n) is 2.64. The molecule has 1 N–H and O–H groups in total. The van der Waals surface area contributed by atoms with Gasteiger partial charge in [-0.1, -0.05) is 0 Å². The van der Waals surface area contributed by atoms with E-state index in [1.807, 2.05) is 0 Å². The first-order valence-corrected chi connectivity index (χ1v) is 5.90. The molecule has 2 nitrogen and oxygen atoms in total. The Kier molecular flexibility index (Phi) is 2.39. The zero-order valence-corrected chi connectivity index (χ0v) is 10.1. The number of rotatable bonds is 0. The zero-order valence-electron chi connectivity index (χ0n) is 10.1. The molecule has 1 aliphatic carbocycles. The van der Waals surface area contributed by atoms with Gasteiger partial charge in [-0.25, -0.2) is 0 Å². The Labute approximate surface area is 88.1 Å². The van der Waals surface area contributed by atoms with Gasteiger partial charge in [0.25, 0.3) is 0 Å². The van der Waals surface area contributed by atoms with Crippen molar-refractivity contribution >= 4 is 0 Å². The quantitative estimate of drug-likeness (QED) is 0.636. The van der Waals surface area contributed by atoms with Gasteiger partial charge in [-0.05, 0) is 46.0 Å². The van der Waals surface area contributed by atoms with E-state index in [9.17, 15) is 0 Å². The maximum atomic E-state index is 3.61. The fraction of sp³-hybridized carbons (Fsp3) is 1.00. The number of nitrogens with one attached hydrogen (secondary N) is 1. The molecular weight excluding hydrogens is 172 g/mol. The number of hydrogen-bond donors (Lipinski definition) is 1. The lowest BCUT2D eigenvalue weighted by atomic mass is 9.99. The highest BCUT2D eigenvalue weighted by Crippen LogP contribution is 2.47. The molecule has 1 heterocycles. The molecule has 0 aromatic rings. The van der Waals surface area contributed by atoms with Gasteiger partial charge in [-0.2, -0.15) is 0 Å². The molecule has 1 unspecified atom stereocenters. The van der Waals surface area contributed by atoms with Crippen molar-refractivity contribution in [1.29, 1.82) is 0 Å². The van der Waals surface area contributed by atoms with Crippen molar-refractivity contribution in [1.82, 2.24) is 10.2 Å². The summed E-state index contributed by atoms with van der Waals surface area (Å²) in [6.07, 6.45) is 2.86. The van der Waals surface area contributed by atoms with Crippen molar-refractivity contribution in [2.45, 2.75) is 52.1 Å². The third-order valence-corrected chi connectivity index (χ3v) is 3.80. The summed E-state index contributed by atoms with van der Waals surface area (Å²) in [7, 11) is 0. The lowest BCUT2D eigenvalue weighted by Gasteiger charge is -2.40. The minimum Gasteiger partial charge on any atom is -0.315 e. The van der Waals surface area contributed by atoms with Crippen molar-refractivity contribution in [2.24, 2.45) is 5.41 Å². The van der Waals surface area contributed by atoms with E-state index in [1.165, 1.54) is 25.9 Å². The molecule has 2 aliphatic rings. The average Bonchev–Trinajstić information content (AvgIpc) is 2.81. The fourth-order valence-corrected chi connectivity index (χ4v) is 2.64. The molecule has 1 saturated heterocycles. The zero-order chi connectivity index (χ0) is 10.4. The molecule has 0 radical (unpaired) electrons. The van der Waals surface area contributed by atoms with Crippen LogP contribution < -0.4 is 5.32 Å². The molecule has 0 amide bonds. The van der Waals surface area contributed by atoms with E-state index >= 15 is 0 Å². The van der Waals surface area contributed by atoms with Crippen LogP contribution in [0.25, 0.3) is 0 Å². The molecule has 0 aromatic carbocycles. The highest BCUT2D eigenvalue weighted by molar-refractivity contribution is 5.02. The molecule has 0 bridgehead atoms. The first kappa shape index (κ1) is 10.4. The van der Waals surface area contributed by atoms with Crippen molar-refractivity contribution in [2.75, 3.05) is 19.6 Å². The topological polar surface area (TPSA) is 15.3 Å². The van der Waals surface area contributed by atoms with Crippen LogP contribution in [0.5, 0.6) is 0 Å². The first-order chi connectivity index (χ1) is 6.43. The summed E-state index contributed by atoms with van der Waals surface area (Å²) in [5.41, 5.74) is 0.957. The Hall–Kier alpha value is -0.0800. The second-order valence-electron chi connectivity index (χ2n) is 6.28. The smallest absolute Gasteiger partial charge is 0.0197 e. The van der Waals surface area contributed by atoms with Gasteiger partial charge >= 0.3 is 0 Å². The van der Waals surface area contributed by atoms with Gasteiger partial charge in [0.2, 0.25) is 0 Å². The summed E-state index contributed by atoms with van der Waals surface area (Å²) in [6, 6.07) is 0.676. The molecule has 1 atom stereocenters. The summed E-state index contributed by atoms with van der Waals surface area (Å²) in [6.45, 7) is 13.0. The maximum absolute atomic E-state index is 3.61. The molecule has 14 heavy (non-hydrogen) atoms. The molecule has 2 fully saturated rings. The second-order valence-corrected chi connectivity index (χ2v) is 6.28. The lowest BCUT2D eigenvalue weighted by molar-refractivity contribution is 0.0814. The molecule has 82 valence electrons. The van der Waals surface area contributed by atoms with Crippen molar-refractivity contribution in [3.63, 3.8) is 0 Å². The normalized spacial score (nSPS) is 33.0. The predicted octanol–water partition coefficient (Wildman–Crippen LogP) is 1.86. The van der Waals surface area contributed by atoms with Crippen LogP contribution in [0.4, 0.5) is 0 Å². The van der Waals surface area contributed by atoms with Gasteiger partial charge in [0.15, 0.2) is 0 Å². The molecular formula is C12H24N2. The van der Waals surface area contributed by atoms with Crippen LogP contribution in [-0.2, 0) is 0 Å². The largest absolute Gasteiger partial charge is 0.315 e. The van der Waals surface area contributed by atoms with Crippen LogP contribution in [0.3, 0.4) is 0 Å². The first-order valence-electron chi connectivity index (χ1n) is 5.90. The summed E-state index contributed by atoms with van der Waals surface area (Å²) in [5, 5.41) is 3.61. The monoisotopic (exact) mass is 196 g/mol. The Balaban J connectivity index is 2.11. The molecule has 2 rings (SSSR count). The highest BCUT2D eigenvalue weighted by Gasteiger charge is 2.47. The Bertz CT molecular complexity index is 213. The van der Waals surface area contributed by atoms with Crippen LogP contribution >= 0.6 is 0 Å². The molecule has 2 heteroatoms. The molecule has 1 aliphatic heterocycles. The number of nitrogens with zero attached hydrogens (tertiary/aromatic N) is 1. The number of hydrogen-bond acceptors (Lipinski definition) is 2. The lowest BCUT2D eigenvalue weighted by Crippen LogP contribution is -2.50. The predicted molar refractivity (Wildman–Crippen MR) is 60.5 cm³/mol. The molecule has 1 spiro atoms.